The van der Waals surface area contributed by atoms with Gasteiger partial charge in [0, 0.05) is 18.2 Å². The largest absolute Gasteiger partial charge is 0.508 e. The highest BCUT2D eigenvalue weighted by Gasteiger charge is 2.52. The summed E-state index contributed by atoms with van der Waals surface area (Å²) in [6, 6.07) is 12.6. The van der Waals surface area contributed by atoms with E-state index in [-0.39, 0.29) is 16.9 Å². The zero-order valence-corrected chi connectivity index (χ0v) is 20.0. The van der Waals surface area contributed by atoms with E-state index in [1.807, 2.05) is 19.1 Å². The summed E-state index contributed by atoms with van der Waals surface area (Å²) in [5, 5.41) is 9.48. The fourth-order valence-electron chi connectivity index (χ4n) is 6.88. The van der Waals surface area contributed by atoms with Crippen molar-refractivity contribution in [2.45, 2.75) is 57.3 Å². The van der Waals surface area contributed by atoms with Crippen LogP contribution in [0.1, 0.15) is 66.9 Å². The van der Waals surface area contributed by atoms with Gasteiger partial charge in [-0.1, -0.05) is 18.2 Å². The molecule has 2 aromatic rings. The molecule has 2 aromatic carbocycles. The predicted octanol–water partition coefficient (Wildman–Crippen LogP) is 6.10. The number of methoxy groups -OCH3 is 1. The number of ketones is 1. The molecule has 0 heterocycles. The Bertz CT molecular complexity index is 1020. The average molecular weight is 463 g/mol. The van der Waals surface area contributed by atoms with E-state index in [0.29, 0.717) is 12.2 Å². The number of hydrogen-bond donors (Lipinski definition) is 1. The van der Waals surface area contributed by atoms with Crippen molar-refractivity contribution in [2.75, 3.05) is 13.7 Å². The number of carbonyl (C=O) groups excluding carboxylic acids is 1. The number of aromatic hydroxyl groups is 1. The van der Waals surface area contributed by atoms with Crippen LogP contribution in [0.2, 0.25) is 0 Å². The number of ether oxygens (including phenoxy) is 3. The van der Waals surface area contributed by atoms with Crippen LogP contribution in [0.25, 0.3) is 6.08 Å². The van der Waals surface area contributed by atoms with E-state index in [0.717, 1.165) is 34.6 Å². The van der Waals surface area contributed by atoms with Crippen LogP contribution in [-0.4, -0.2) is 31.1 Å². The number of phenolic OH excluding ortho intramolecular Hbond substituents is 1. The van der Waals surface area contributed by atoms with Crippen molar-refractivity contribution in [3.63, 3.8) is 0 Å². The summed E-state index contributed by atoms with van der Waals surface area (Å²) in [6.45, 7) is 1.63. The van der Waals surface area contributed by atoms with E-state index < -0.39 is 6.48 Å². The Morgan fingerprint density at radius 1 is 1.06 bits per heavy atom. The zero-order valence-electron chi connectivity index (χ0n) is 20.0. The Morgan fingerprint density at radius 2 is 1.71 bits per heavy atom. The lowest BCUT2D eigenvalue weighted by Gasteiger charge is -2.57. The maximum absolute atomic E-state index is 13.1. The maximum atomic E-state index is 13.1. The van der Waals surface area contributed by atoms with Crippen LogP contribution in [0.5, 0.6) is 11.5 Å². The van der Waals surface area contributed by atoms with Gasteiger partial charge >= 0.3 is 6.48 Å². The molecule has 0 aromatic heterocycles. The van der Waals surface area contributed by atoms with Crippen molar-refractivity contribution < 1.29 is 24.1 Å². The van der Waals surface area contributed by atoms with Crippen molar-refractivity contribution in [1.29, 1.82) is 0 Å². The van der Waals surface area contributed by atoms with Gasteiger partial charge < -0.3 is 19.3 Å². The molecule has 5 heteroatoms. The number of allylic oxidation sites excluding steroid dienone is 1. The van der Waals surface area contributed by atoms with Crippen LogP contribution in [0, 0.1) is 17.8 Å². The first kappa shape index (κ1) is 23.1. The molecule has 1 atom stereocenters. The van der Waals surface area contributed by atoms with Crippen molar-refractivity contribution in [1.82, 2.24) is 0 Å². The quantitative estimate of drug-likeness (QED) is 0.277. The molecule has 180 valence electrons. The van der Waals surface area contributed by atoms with E-state index >= 15 is 0 Å². The summed E-state index contributed by atoms with van der Waals surface area (Å²) in [7, 11) is 1.58. The normalized spacial score (nSPS) is 28.4. The summed E-state index contributed by atoms with van der Waals surface area (Å²) >= 11 is 0. The van der Waals surface area contributed by atoms with Gasteiger partial charge in [0.25, 0.3) is 0 Å². The zero-order chi connectivity index (χ0) is 23.7. The van der Waals surface area contributed by atoms with Crippen LogP contribution >= 0.6 is 0 Å². The molecule has 0 aliphatic heterocycles. The second-order valence-corrected chi connectivity index (χ2v) is 10.3. The second kappa shape index (κ2) is 9.55. The van der Waals surface area contributed by atoms with Gasteiger partial charge in [0.1, 0.15) is 11.5 Å². The minimum Gasteiger partial charge on any atom is -0.508 e. The molecule has 4 bridgehead atoms. The van der Waals surface area contributed by atoms with Crippen LogP contribution in [0.3, 0.4) is 0 Å². The van der Waals surface area contributed by atoms with E-state index in [2.05, 4.69) is 6.07 Å². The third kappa shape index (κ3) is 4.64. The Hall–Kier alpha value is -2.63. The minimum absolute atomic E-state index is 0.0429. The van der Waals surface area contributed by atoms with Crippen molar-refractivity contribution >= 4 is 11.9 Å². The molecule has 1 N–H and O–H groups in total. The predicted molar refractivity (Wildman–Crippen MR) is 131 cm³/mol. The molecule has 0 radical (unpaired) electrons. The highest BCUT2D eigenvalue weighted by atomic mass is 16.8. The highest BCUT2D eigenvalue weighted by Crippen LogP contribution is 2.62. The number of hydrogen-bond acceptors (Lipinski definition) is 5. The molecule has 4 aliphatic carbocycles. The standard InChI is InChI=1S/C29H34O5/c1-3-33-28(32-2)34-27-11-7-23(26(31)10-6-19-4-8-24(30)9-5-19)15-25(27)29-16-20-12-21(17-29)14-22(13-20)18-29/h4-11,15,20-22,28,30H,3,12-14,16-18H2,1-2H3/b10-6+. The maximum Gasteiger partial charge on any atom is 0.315 e. The first-order chi connectivity index (χ1) is 16.5. The van der Waals surface area contributed by atoms with Gasteiger partial charge in [-0.25, -0.2) is 0 Å². The highest BCUT2D eigenvalue weighted by molar-refractivity contribution is 6.07. The summed E-state index contributed by atoms with van der Waals surface area (Å²) in [5.74, 6) is 3.26. The molecule has 34 heavy (non-hydrogen) atoms. The fraction of sp³-hybridized carbons (Fsp3) is 0.483. The lowest BCUT2D eigenvalue weighted by Crippen LogP contribution is -2.48. The fourth-order valence-corrected chi connectivity index (χ4v) is 6.88. The number of benzene rings is 2. The number of carbonyl (C=O) groups is 1. The Labute approximate surface area is 201 Å². The summed E-state index contributed by atoms with van der Waals surface area (Å²) in [6.07, 6.45) is 10.9. The molecule has 4 fully saturated rings. The van der Waals surface area contributed by atoms with Crippen molar-refractivity contribution in [3.05, 3.63) is 65.2 Å². The first-order valence-corrected chi connectivity index (χ1v) is 12.4. The monoisotopic (exact) mass is 462 g/mol. The topological polar surface area (TPSA) is 65.0 Å². The van der Waals surface area contributed by atoms with Crippen LogP contribution in [0.15, 0.2) is 48.5 Å². The lowest BCUT2D eigenvalue weighted by molar-refractivity contribution is -0.231. The van der Waals surface area contributed by atoms with Gasteiger partial charge in [0.05, 0.1) is 6.61 Å². The van der Waals surface area contributed by atoms with Crippen LogP contribution < -0.4 is 4.74 Å². The lowest BCUT2D eigenvalue weighted by atomic mass is 9.48. The summed E-state index contributed by atoms with van der Waals surface area (Å²) in [4.78, 5) is 13.1. The Morgan fingerprint density at radius 3 is 2.29 bits per heavy atom. The third-order valence-electron chi connectivity index (χ3n) is 7.91. The molecule has 4 saturated carbocycles. The average Bonchev–Trinajstić information content (AvgIpc) is 2.82. The second-order valence-electron chi connectivity index (χ2n) is 10.3. The van der Waals surface area contributed by atoms with Crippen LogP contribution in [0.4, 0.5) is 0 Å². The van der Waals surface area contributed by atoms with Crippen LogP contribution in [-0.2, 0) is 14.9 Å². The van der Waals surface area contributed by atoms with Crippen molar-refractivity contribution in [3.8, 4) is 11.5 Å². The number of phenols is 1. The molecular weight excluding hydrogens is 428 g/mol. The molecule has 0 saturated heterocycles. The molecule has 5 nitrogen and oxygen atoms in total. The Kier molecular flexibility index (Phi) is 6.50. The number of rotatable bonds is 9. The summed E-state index contributed by atoms with van der Waals surface area (Å²) in [5.41, 5.74) is 2.73. The Balaban J connectivity index is 1.47. The van der Waals surface area contributed by atoms with Gasteiger partial charge in [-0.15, -0.1) is 0 Å². The van der Waals surface area contributed by atoms with Gasteiger partial charge in [-0.2, -0.15) is 0 Å². The van der Waals surface area contributed by atoms with Crippen molar-refractivity contribution in [2.24, 2.45) is 17.8 Å². The SMILES string of the molecule is CCOC(OC)Oc1ccc(C(=O)/C=C/c2ccc(O)cc2)cc1C12CC3CC(CC(C3)C1)C2. The molecule has 6 rings (SSSR count). The molecular formula is C29H34O5. The van der Waals surface area contributed by atoms with E-state index in [9.17, 15) is 9.90 Å². The molecule has 0 amide bonds. The van der Waals surface area contributed by atoms with E-state index in [1.54, 1.807) is 43.5 Å². The van der Waals surface area contributed by atoms with Gasteiger partial charge in [-0.05, 0) is 111 Å². The van der Waals surface area contributed by atoms with Gasteiger partial charge in [0.15, 0.2) is 5.78 Å². The third-order valence-corrected chi connectivity index (χ3v) is 7.91. The van der Waals surface area contributed by atoms with Gasteiger partial charge in [0.2, 0.25) is 0 Å². The minimum atomic E-state index is -0.770. The van der Waals surface area contributed by atoms with E-state index in [4.69, 9.17) is 14.2 Å². The van der Waals surface area contributed by atoms with Gasteiger partial charge in [-0.3, -0.25) is 4.79 Å². The smallest absolute Gasteiger partial charge is 0.315 e. The first-order valence-electron chi connectivity index (χ1n) is 12.4. The summed E-state index contributed by atoms with van der Waals surface area (Å²) < 4.78 is 17.2. The molecule has 4 aliphatic rings. The molecule has 1 unspecified atom stereocenters. The van der Waals surface area contributed by atoms with E-state index in [1.165, 1.54) is 38.5 Å². The molecule has 0 spiro atoms.